The first-order valence-corrected chi connectivity index (χ1v) is 5.96. The van der Waals surface area contributed by atoms with Crippen LogP contribution in [-0.2, 0) is 0 Å². The van der Waals surface area contributed by atoms with Crippen LogP contribution in [0.3, 0.4) is 0 Å². The Morgan fingerprint density at radius 3 is 2.53 bits per heavy atom. The lowest BCUT2D eigenvalue weighted by molar-refractivity contribution is -0.384. The second-order valence-electron chi connectivity index (χ2n) is 4.29. The number of hydrogen-bond donors (Lipinski definition) is 1. The maximum atomic E-state index is 10.8. The standard InChI is InChI=1S/C12H17ClN2O2/c1-4-9(8(3)14)10-6-11(13)12(15(16)17)5-7(10)2/h5-6,8-9H,4,14H2,1-3H3. The fourth-order valence-electron chi connectivity index (χ4n) is 2.10. The van der Waals surface area contributed by atoms with Crippen molar-refractivity contribution in [2.24, 2.45) is 5.73 Å². The number of halogens is 1. The third kappa shape index (κ3) is 2.96. The van der Waals surface area contributed by atoms with E-state index in [2.05, 4.69) is 0 Å². The van der Waals surface area contributed by atoms with Crippen molar-refractivity contribution in [2.45, 2.75) is 39.2 Å². The zero-order valence-electron chi connectivity index (χ0n) is 10.2. The first-order chi connectivity index (χ1) is 7.88. The van der Waals surface area contributed by atoms with Gasteiger partial charge in [0.2, 0.25) is 0 Å². The lowest BCUT2D eigenvalue weighted by Crippen LogP contribution is -2.24. The molecule has 17 heavy (non-hydrogen) atoms. The topological polar surface area (TPSA) is 69.2 Å². The number of nitro groups is 1. The van der Waals surface area contributed by atoms with Crippen LogP contribution in [0.5, 0.6) is 0 Å². The van der Waals surface area contributed by atoms with Crippen LogP contribution in [0.15, 0.2) is 12.1 Å². The molecule has 4 nitrogen and oxygen atoms in total. The normalized spacial score (nSPS) is 14.4. The summed E-state index contributed by atoms with van der Waals surface area (Å²) in [7, 11) is 0. The second kappa shape index (κ2) is 5.47. The van der Waals surface area contributed by atoms with Crippen molar-refractivity contribution in [3.05, 3.63) is 38.4 Å². The minimum absolute atomic E-state index is 0.00350. The monoisotopic (exact) mass is 256 g/mol. The molecule has 5 heteroatoms. The molecule has 0 saturated carbocycles. The molecule has 0 bridgehead atoms. The highest BCUT2D eigenvalue weighted by Gasteiger charge is 2.21. The van der Waals surface area contributed by atoms with E-state index in [0.717, 1.165) is 17.5 Å². The number of benzene rings is 1. The van der Waals surface area contributed by atoms with Crippen molar-refractivity contribution in [3.8, 4) is 0 Å². The first kappa shape index (κ1) is 13.9. The molecule has 0 aromatic heterocycles. The second-order valence-corrected chi connectivity index (χ2v) is 4.70. The molecular formula is C12H17ClN2O2. The van der Waals surface area contributed by atoms with Gasteiger partial charge in [0, 0.05) is 12.1 Å². The van der Waals surface area contributed by atoms with Gasteiger partial charge in [-0.1, -0.05) is 18.5 Å². The fourth-order valence-corrected chi connectivity index (χ4v) is 2.34. The Morgan fingerprint density at radius 2 is 2.12 bits per heavy atom. The summed E-state index contributed by atoms with van der Waals surface area (Å²) in [6.45, 7) is 5.83. The number of aryl methyl sites for hydroxylation is 1. The largest absolute Gasteiger partial charge is 0.327 e. The summed E-state index contributed by atoms with van der Waals surface area (Å²) in [5.74, 6) is 0.174. The van der Waals surface area contributed by atoms with Gasteiger partial charge in [-0.15, -0.1) is 0 Å². The Bertz CT molecular complexity index is 433. The van der Waals surface area contributed by atoms with Gasteiger partial charge in [-0.2, -0.15) is 0 Å². The van der Waals surface area contributed by atoms with Gasteiger partial charge in [-0.25, -0.2) is 0 Å². The summed E-state index contributed by atoms with van der Waals surface area (Å²) < 4.78 is 0. The van der Waals surface area contributed by atoms with Gasteiger partial charge in [-0.05, 0) is 43.4 Å². The molecule has 2 atom stereocenters. The van der Waals surface area contributed by atoms with Crippen molar-refractivity contribution in [1.29, 1.82) is 0 Å². The molecule has 0 radical (unpaired) electrons. The highest BCUT2D eigenvalue weighted by molar-refractivity contribution is 6.32. The van der Waals surface area contributed by atoms with Crippen molar-refractivity contribution in [1.82, 2.24) is 0 Å². The number of nitrogens with zero attached hydrogens (tertiary/aromatic N) is 1. The molecule has 0 amide bonds. The molecule has 1 aromatic rings. The molecule has 2 unspecified atom stereocenters. The minimum Gasteiger partial charge on any atom is -0.327 e. The van der Waals surface area contributed by atoms with E-state index >= 15 is 0 Å². The highest BCUT2D eigenvalue weighted by atomic mass is 35.5. The van der Waals surface area contributed by atoms with Crippen LogP contribution in [-0.4, -0.2) is 11.0 Å². The van der Waals surface area contributed by atoms with Gasteiger partial charge in [0.25, 0.3) is 5.69 Å². The number of nitrogens with two attached hydrogens (primary N) is 1. The van der Waals surface area contributed by atoms with E-state index in [-0.39, 0.29) is 22.7 Å². The molecule has 0 spiro atoms. The molecule has 0 aliphatic rings. The molecule has 0 saturated heterocycles. The Hall–Kier alpha value is -1.13. The van der Waals surface area contributed by atoms with Crippen LogP contribution >= 0.6 is 11.6 Å². The first-order valence-electron chi connectivity index (χ1n) is 5.58. The zero-order chi connectivity index (χ0) is 13.2. The van der Waals surface area contributed by atoms with Crippen LogP contribution in [0.4, 0.5) is 5.69 Å². The third-order valence-electron chi connectivity index (χ3n) is 3.01. The molecule has 0 heterocycles. The van der Waals surface area contributed by atoms with Gasteiger partial charge >= 0.3 is 0 Å². The third-order valence-corrected chi connectivity index (χ3v) is 3.31. The van der Waals surface area contributed by atoms with E-state index in [1.165, 1.54) is 6.07 Å². The lowest BCUT2D eigenvalue weighted by Gasteiger charge is -2.21. The van der Waals surface area contributed by atoms with E-state index in [1.54, 1.807) is 6.07 Å². The van der Waals surface area contributed by atoms with Crippen molar-refractivity contribution < 1.29 is 4.92 Å². The SMILES string of the molecule is CCC(c1cc(Cl)c([N+](=O)[O-])cc1C)C(C)N. The molecule has 0 fully saturated rings. The summed E-state index contributed by atoms with van der Waals surface area (Å²) in [5, 5.41) is 10.9. The summed E-state index contributed by atoms with van der Waals surface area (Å²) in [5.41, 5.74) is 7.73. The summed E-state index contributed by atoms with van der Waals surface area (Å²) >= 11 is 5.92. The smallest absolute Gasteiger partial charge is 0.288 e. The van der Waals surface area contributed by atoms with Crippen LogP contribution < -0.4 is 5.73 Å². The molecule has 1 rings (SSSR count). The Morgan fingerprint density at radius 1 is 1.53 bits per heavy atom. The van der Waals surface area contributed by atoms with E-state index in [0.29, 0.717) is 0 Å². The predicted octanol–water partition coefficient (Wildman–Crippen LogP) is 3.40. The van der Waals surface area contributed by atoms with Crippen LogP contribution in [0.25, 0.3) is 0 Å². The van der Waals surface area contributed by atoms with E-state index in [9.17, 15) is 10.1 Å². The summed E-state index contributed by atoms with van der Waals surface area (Å²) in [6, 6.07) is 3.19. The maximum absolute atomic E-state index is 10.8. The van der Waals surface area contributed by atoms with Crippen LogP contribution in [0.1, 0.15) is 37.3 Å². The van der Waals surface area contributed by atoms with Gasteiger partial charge in [-0.3, -0.25) is 10.1 Å². The summed E-state index contributed by atoms with van der Waals surface area (Å²) in [6.07, 6.45) is 0.882. The maximum Gasteiger partial charge on any atom is 0.288 e. The van der Waals surface area contributed by atoms with Crippen molar-refractivity contribution >= 4 is 17.3 Å². The zero-order valence-corrected chi connectivity index (χ0v) is 11.0. The van der Waals surface area contributed by atoms with Crippen LogP contribution in [0.2, 0.25) is 5.02 Å². The molecule has 1 aromatic carbocycles. The van der Waals surface area contributed by atoms with E-state index in [1.807, 2.05) is 20.8 Å². The molecular weight excluding hydrogens is 240 g/mol. The fraction of sp³-hybridized carbons (Fsp3) is 0.500. The number of nitro benzene ring substituents is 1. The quantitative estimate of drug-likeness (QED) is 0.663. The molecule has 94 valence electrons. The molecule has 2 N–H and O–H groups in total. The van der Waals surface area contributed by atoms with Crippen molar-refractivity contribution in [3.63, 3.8) is 0 Å². The number of rotatable bonds is 4. The Kier molecular flexibility index (Phi) is 4.48. The lowest BCUT2D eigenvalue weighted by atomic mass is 9.87. The molecule has 0 aliphatic heterocycles. The van der Waals surface area contributed by atoms with Gasteiger partial charge < -0.3 is 5.73 Å². The van der Waals surface area contributed by atoms with E-state index < -0.39 is 4.92 Å². The van der Waals surface area contributed by atoms with Gasteiger partial charge in [0.05, 0.1) is 4.92 Å². The average Bonchev–Trinajstić information content (AvgIpc) is 2.22. The Labute approximate surface area is 106 Å². The highest BCUT2D eigenvalue weighted by Crippen LogP contribution is 2.33. The predicted molar refractivity (Wildman–Crippen MR) is 69.5 cm³/mol. The van der Waals surface area contributed by atoms with Gasteiger partial charge in [0.1, 0.15) is 5.02 Å². The molecule has 0 aliphatic carbocycles. The average molecular weight is 257 g/mol. The Balaban J connectivity index is 3.28. The van der Waals surface area contributed by atoms with Gasteiger partial charge in [0.15, 0.2) is 0 Å². The minimum atomic E-state index is -0.466. The van der Waals surface area contributed by atoms with Crippen LogP contribution in [0, 0.1) is 17.0 Å². The van der Waals surface area contributed by atoms with E-state index in [4.69, 9.17) is 17.3 Å². The van der Waals surface area contributed by atoms with Crippen molar-refractivity contribution in [2.75, 3.05) is 0 Å². The number of hydrogen-bond acceptors (Lipinski definition) is 3. The summed E-state index contributed by atoms with van der Waals surface area (Å²) in [4.78, 5) is 10.3.